The largest absolute Gasteiger partial charge is 0.478 e. The quantitative estimate of drug-likeness (QED) is 0.824. The minimum absolute atomic E-state index is 0.0729. The maximum atomic E-state index is 11.0. The van der Waals surface area contributed by atoms with Gasteiger partial charge in [0.05, 0.1) is 12.2 Å². The van der Waals surface area contributed by atoms with Crippen LogP contribution in [0.3, 0.4) is 0 Å². The third-order valence-corrected chi connectivity index (χ3v) is 2.69. The summed E-state index contributed by atoms with van der Waals surface area (Å²) in [4.78, 5) is 11.0. The van der Waals surface area contributed by atoms with Gasteiger partial charge in [0, 0.05) is 23.6 Å². The minimum atomic E-state index is -0.908. The molecule has 0 saturated carbocycles. The average Bonchev–Trinajstić information content (AvgIpc) is 2.60. The number of fused-ring (bicyclic) bond motifs is 1. The first-order valence-electron chi connectivity index (χ1n) is 5.07. The number of aliphatic hydroxyl groups excluding tert-OH is 1. The highest BCUT2D eigenvalue weighted by atomic mass is 16.4. The molecule has 0 fully saturated rings. The van der Waals surface area contributed by atoms with Crippen molar-refractivity contribution in [3.63, 3.8) is 0 Å². The second-order valence-electron chi connectivity index (χ2n) is 3.76. The molecule has 2 rings (SSSR count). The Morgan fingerprint density at radius 1 is 1.44 bits per heavy atom. The predicted octanol–water partition coefficient (Wildman–Crippen LogP) is 1.64. The Balaban J connectivity index is 2.61. The standard InChI is InChI=1S/C12H13NO3/c1-8-6-11-9(7-10(8)12(15)16)2-3-13(11)4-5-14/h2-3,6-7,14H,4-5H2,1H3,(H,15,16). The van der Waals surface area contributed by atoms with Gasteiger partial charge in [-0.1, -0.05) is 0 Å². The number of nitrogens with zero attached hydrogens (tertiary/aromatic N) is 1. The highest BCUT2D eigenvalue weighted by Gasteiger charge is 2.10. The van der Waals surface area contributed by atoms with Gasteiger partial charge in [0.15, 0.2) is 0 Å². The topological polar surface area (TPSA) is 62.5 Å². The Bertz CT molecular complexity index is 542. The van der Waals surface area contributed by atoms with Crippen LogP contribution in [-0.2, 0) is 6.54 Å². The van der Waals surface area contributed by atoms with Gasteiger partial charge < -0.3 is 14.8 Å². The van der Waals surface area contributed by atoms with Crippen molar-refractivity contribution < 1.29 is 15.0 Å². The number of aromatic nitrogens is 1. The Kier molecular flexibility index (Phi) is 2.66. The predicted molar refractivity (Wildman–Crippen MR) is 60.7 cm³/mol. The van der Waals surface area contributed by atoms with E-state index in [2.05, 4.69) is 0 Å². The molecule has 2 N–H and O–H groups in total. The zero-order valence-electron chi connectivity index (χ0n) is 8.97. The first-order valence-corrected chi connectivity index (χ1v) is 5.07. The number of carbonyl (C=O) groups is 1. The van der Waals surface area contributed by atoms with Gasteiger partial charge in [-0.2, -0.15) is 0 Å². The molecule has 16 heavy (non-hydrogen) atoms. The summed E-state index contributed by atoms with van der Waals surface area (Å²) < 4.78 is 1.91. The van der Waals surface area contributed by atoms with E-state index in [1.165, 1.54) is 0 Å². The Hall–Kier alpha value is -1.81. The summed E-state index contributed by atoms with van der Waals surface area (Å²) in [5.74, 6) is -0.908. The fraction of sp³-hybridized carbons (Fsp3) is 0.250. The van der Waals surface area contributed by atoms with Crippen molar-refractivity contribution >= 4 is 16.9 Å². The molecular weight excluding hydrogens is 206 g/mol. The number of rotatable bonds is 3. The van der Waals surface area contributed by atoms with E-state index in [9.17, 15) is 4.79 Å². The number of aromatic carboxylic acids is 1. The summed E-state index contributed by atoms with van der Waals surface area (Å²) in [7, 11) is 0. The molecule has 0 radical (unpaired) electrons. The van der Waals surface area contributed by atoms with E-state index < -0.39 is 5.97 Å². The van der Waals surface area contributed by atoms with Crippen LogP contribution >= 0.6 is 0 Å². The van der Waals surface area contributed by atoms with E-state index >= 15 is 0 Å². The summed E-state index contributed by atoms with van der Waals surface area (Å²) in [5.41, 5.74) is 2.02. The number of aliphatic hydroxyl groups is 1. The Labute approximate surface area is 92.7 Å². The maximum absolute atomic E-state index is 11.0. The fourth-order valence-corrected chi connectivity index (χ4v) is 1.88. The average molecular weight is 219 g/mol. The van der Waals surface area contributed by atoms with Gasteiger partial charge in [-0.3, -0.25) is 0 Å². The number of hydrogen-bond donors (Lipinski definition) is 2. The lowest BCUT2D eigenvalue weighted by Gasteiger charge is -2.05. The third-order valence-electron chi connectivity index (χ3n) is 2.69. The Morgan fingerprint density at radius 2 is 2.19 bits per heavy atom. The lowest BCUT2D eigenvalue weighted by molar-refractivity contribution is 0.0696. The number of aryl methyl sites for hydroxylation is 1. The third kappa shape index (κ3) is 1.67. The smallest absolute Gasteiger partial charge is 0.335 e. The number of carboxylic acids is 1. The zero-order chi connectivity index (χ0) is 11.7. The van der Waals surface area contributed by atoms with E-state index in [1.807, 2.05) is 22.9 Å². The normalized spacial score (nSPS) is 10.9. The van der Waals surface area contributed by atoms with Crippen LogP contribution in [0.4, 0.5) is 0 Å². The molecule has 0 bridgehead atoms. The van der Waals surface area contributed by atoms with E-state index in [1.54, 1.807) is 13.0 Å². The lowest BCUT2D eigenvalue weighted by Crippen LogP contribution is -2.02. The van der Waals surface area contributed by atoms with E-state index in [-0.39, 0.29) is 6.61 Å². The molecule has 0 unspecified atom stereocenters. The van der Waals surface area contributed by atoms with Gasteiger partial charge in [0.2, 0.25) is 0 Å². The Morgan fingerprint density at radius 3 is 2.81 bits per heavy atom. The molecule has 1 heterocycles. The van der Waals surface area contributed by atoms with Gasteiger partial charge >= 0.3 is 5.97 Å². The molecule has 4 nitrogen and oxygen atoms in total. The van der Waals surface area contributed by atoms with E-state index in [0.29, 0.717) is 12.1 Å². The van der Waals surface area contributed by atoms with Crippen LogP contribution in [0, 0.1) is 6.92 Å². The van der Waals surface area contributed by atoms with Crippen LogP contribution in [0.2, 0.25) is 0 Å². The molecule has 0 spiro atoms. The maximum Gasteiger partial charge on any atom is 0.335 e. The van der Waals surface area contributed by atoms with Crippen LogP contribution < -0.4 is 0 Å². The van der Waals surface area contributed by atoms with Crippen molar-refractivity contribution in [2.24, 2.45) is 0 Å². The number of benzene rings is 1. The minimum Gasteiger partial charge on any atom is -0.478 e. The molecule has 0 atom stereocenters. The highest BCUT2D eigenvalue weighted by molar-refractivity contribution is 5.95. The molecule has 0 aliphatic rings. The first-order chi connectivity index (χ1) is 7.63. The summed E-state index contributed by atoms with van der Waals surface area (Å²) >= 11 is 0. The lowest BCUT2D eigenvalue weighted by atomic mass is 10.1. The molecule has 0 aliphatic carbocycles. The van der Waals surface area contributed by atoms with Crippen LogP contribution in [0.1, 0.15) is 15.9 Å². The molecular formula is C12H13NO3. The van der Waals surface area contributed by atoms with Crippen molar-refractivity contribution in [2.45, 2.75) is 13.5 Å². The second kappa shape index (κ2) is 3.98. The van der Waals surface area contributed by atoms with Gasteiger partial charge in [-0.15, -0.1) is 0 Å². The fourth-order valence-electron chi connectivity index (χ4n) is 1.88. The van der Waals surface area contributed by atoms with Gasteiger partial charge in [-0.05, 0) is 30.7 Å². The van der Waals surface area contributed by atoms with Crippen molar-refractivity contribution in [1.29, 1.82) is 0 Å². The molecule has 2 aromatic rings. The summed E-state index contributed by atoms with van der Waals surface area (Å²) in [6.07, 6.45) is 1.85. The van der Waals surface area contributed by atoms with Gasteiger partial charge in [0.1, 0.15) is 0 Å². The monoisotopic (exact) mass is 219 g/mol. The van der Waals surface area contributed by atoms with Crippen molar-refractivity contribution in [1.82, 2.24) is 4.57 Å². The number of hydrogen-bond acceptors (Lipinski definition) is 2. The van der Waals surface area contributed by atoms with Gasteiger partial charge in [-0.25, -0.2) is 4.79 Å². The molecule has 0 aliphatic heterocycles. The van der Waals surface area contributed by atoms with Crippen LogP contribution in [0.5, 0.6) is 0 Å². The van der Waals surface area contributed by atoms with Crippen molar-refractivity contribution in [3.8, 4) is 0 Å². The summed E-state index contributed by atoms with van der Waals surface area (Å²) in [6, 6.07) is 5.37. The van der Waals surface area contributed by atoms with Crippen LogP contribution in [-0.4, -0.2) is 27.4 Å². The molecule has 0 saturated heterocycles. The summed E-state index contributed by atoms with van der Waals surface area (Å²) in [5, 5.41) is 18.8. The van der Waals surface area contributed by atoms with E-state index in [0.717, 1.165) is 16.5 Å². The van der Waals surface area contributed by atoms with E-state index in [4.69, 9.17) is 10.2 Å². The molecule has 4 heteroatoms. The first kappa shape index (κ1) is 10.7. The molecule has 0 amide bonds. The highest BCUT2D eigenvalue weighted by Crippen LogP contribution is 2.21. The van der Waals surface area contributed by atoms with Crippen LogP contribution in [0.15, 0.2) is 24.4 Å². The SMILES string of the molecule is Cc1cc2c(ccn2CCO)cc1C(=O)O. The summed E-state index contributed by atoms with van der Waals surface area (Å²) in [6.45, 7) is 2.37. The van der Waals surface area contributed by atoms with Crippen LogP contribution in [0.25, 0.3) is 10.9 Å². The van der Waals surface area contributed by atoms with Gasteiger partial charge in [0.25, 0.3) is 0 Å². The molecule has 1 aromatic carbocycles. The molecule has 1 aromatic heterocycles. The van der Waals surface area contributed by atoms with Crippen molar-refractivity contribution in [2.75, 3.05) is 6.61 Å². The second-order valence-corrected chi connectivity index (χ2v) is 3.76. The number of carboxylic acid groups (broad SMARTS) is 1. The van der Waals surface area contributed by atoms with Crippen molar-refractivity contribution in [3.05, 3.63) is 35.5 Å². The molecule has 84 valence electrons. The zero-order valence-corrected chi connectivity index (χ0v) is 8.97.